The van der Waals surface area contributed by atoms with Gasteiger partial charge in [0, 0.05) is 57.8 Å². The van der Waals surface area contributed by atoms with Crippen LogP contribution in [0.5, 0.6) is 5.75 Å². The molecule has 0 radical (unpaired) electrons. The van der Waals surface area contributed by atoms with Crippen LogP contribution in [0.15, 0.2) is 29.3 Å². The molecule has 1 amide bonds. The van der Waals surface area contributed by atoms with Crippen LogP contribution in [0.1, 0.15) is 45.1 Å². The van der Waals surface area contributed by atoms with Crippen molar-refractivity contribution >= 4 is 35.8 Å². The molecule has 31 heavy (non-hydrogen) atoms. The van der Waals surface area contributed by atoms with Gasteiger partial charge in [0.2, 0.25) is 5.91 Å². The average molecular weight is 544 g/mol. The van der Waals surface area contributed by atoms with Gasteiger partial charge in [-0.1, -0.05) is 19.1 Å². The van der Waals surface area contributed by atoms with Crippen LogP contribution in [0.3, 0.4) is 0 Å². The van der Waals surface area contributed by atoms with Crippen molar-refractivity contribution in [3.05, 3.63) is 29.8 Å². The molecule has 0 saturated carbocycles. The highest BCUT2D eigenvalue weighted by Crippen LogP contribution is 2.35. The Balaban J connectivity index is 0.00000341. The van der Waals surface area contributed by atoms with Gasteiger partial charge in [-0.15, -0.1) is 24.0 Å². The number of rotatable bonds is 7. The van der Waals surface area contributed by atoms with E-state index < -0.39 is 0 Å². The minimum atomic E-state index is 0. The molecule has 2 heterocycles. The van der Waals surface area contributed by atoms with E-state index in [1.54, 1.807) is 7.05 Å². The van der Waals surface area contributed by atoms with Crippen LogP contribution in [0, 0.1) is 0 Å². The number of likely N-dealkylation sites (tertiary alicyclic amines) is 1. The number of hydrogen-bond acceptors (Lipinski definition) is 4. The molecule has 2 fully saturated rings. The number of aliphatic imine (C=N–C) groups is 1. The number of amides is 1. The average Bonchev–Trinajstić information content (AvgIpc) is 3.26. The maximum atomic E-state index is 11.9. The number of ether oxygens (including phenoxy) is 2. The monoisotopic (exact) mass is 544 g/mol. The highest BCUT2D eigenvalue weighted by Gasteiger charge is 2.35. The van der Waals surface area contributed by atoms with Crippen LogP contribution in [-0.4, -0.2) is 69.3 Å². The molecule has 2 saturated heterocycles. The first kappa shape index (κ1) is 25.7. The SMILES string of the molecule is CCOc1ccc(C2(CNC(=NC)NC3CCN(C(=O)CC)C3)CCOCC2)cc1.I. The van der Waals surface area contributed by atoms with Gasteiger partial charge >= 0.3 is 0 Å². The highest BCUT2D eigenvalue weighted by atomic mass is 127. The van der Waals surface area contributed by atoms with E-state index >= 15 is 0 Å². The fraction of sp³-hybridized carbons (Fsp3) is 0.652. The topological polar surface area (TPSA) is 75.2 Å². The summed E-state index contributed by atoms with van der Waals surface area (Å²) in [6.07, 6.45) is 3.44. The Morgan fingerprint density at radius 1 is 1.26 bits per heavy atom. The first-order valence-electron chi connectivity index (χ1n) is 11.2. The van der Waals surface area contributed by atoms with Crippen molar-refractivity contribution < 1.29 is 14.3 Å². The first-order chi connectivity index (χ1) is 14.6. The summed E-state index contributed by atoms with van der Waals surface area (Å²) in [6, 6.07) is 8.71. The molecular formula is C23H37IN4O3. The third-order valence-electron chi connectivity index (χ3n) is 6.23. The summed E-state index contributed by atoms with van der Waals surface area (Å²) < 4.78 is 11.3. The number of guanidine groups is 1. The number of carbonyl (C=O) groups is 1. The Morgan fingerprint density at radius 2 is 1.97 bits per heavy atom. The summed E-state index contributed by atoms with van der Waals surface area (Å²) in [5.41, 5.74) is 1.30. The van der Waals surface area contributed by atoms with E-state index in [2.05, 4.69) is 39.9 Å². The molecule has 0 aliphatic carbocycles. The van der Waals surface area contributed by atoms with E-state index in [0.29, 0.717) is 13.0 Å². The Labute approximate surface area is 203 Å². The zero-order valence-corrected chi connectivity index (χ0v) is 21.3. The van der Waals surface area contributed by atoms with Gasteiger partial charge in [0.05, 0.1) is 6.61 Å². The van der Waals surface area contributed by atoms with Gasteiger partial charge in [-0.05, 0) is 43.9 Å². The number of carbonyl (C=O) groups excluding carboxylic acids is 1. The van der Waals surface area contributed by atoms with E-state index in [4.69, 9.17) is 9.47 Å². The van der Waals surface area contributed by atoms with Gasteiger partial charge in [-0.2, -0.15) is 0 Å². The first-order valence-corrected chi connectivity index (χ1v) is 11.2. The molecule has 0 bridgehead atoms. The van der Waals surface area contributed by atoms with Crippen LogP contribution in [0.4, 0.5) is 0 Å². The van der Waals surface area contributed by atoms with Crippen LogP contribution < -0.4 is 15.4 Å². The summed E-state index contributed by atoms with van der Waals surface area (Å²) >= 11 is 0. The maximum Gasteiger partial charge on any atom is 0.222 e. The third kappa shape index (κ3) is 6.71. The van der Waals surface area contributed by atoms with E-state index in [1.807, 2.05) is 18.7 Å². The molecule has 7 nitrogen and oxygen atoms in total. The van der Waals surface area contributed by atoms with E-state index in [9.17, 15) is 4.79 Å². The van der Waals surface area contributed by atoms with Gasteiger partial charge in [-0.3, -0.25) is 9.79 Å². The number of nitrogens with zero attached hydrogens (tertiary/aromatic N) is 2. The maximum absolute atomic E-state index is 11.9. The van der Waals surface area contributed by atoms with Crippen molar-refractivity contribution in [2.24, 2.45) is 4.99 Å². The van der Waals surface area contributed by atoms with Crippen molar-refractivity contribution in [1.82, 2.24) is 15.5 Å². The summed E-state index contributed by atoms with van der Waals surface area (Å²) in [5.74, 6) is 1.92. The lowest BCUT2D eigenvalue weighted by Crippen LogP contribution is -2.50. The summed E-state index contributed by atoms with van der Waals surface area (Å²) in [7, 11) is 1.80. The van der Waals surface area contributed by atoms with Gasteiger partial charge < -0.3 is 25.0 Å². The van der Waals surface area contributed by atoms with E-state index in [0.717, 1.165) is 63.8 Å². The van der Waals surface area contributed by atoms with Gasteiger partial charge in [0.1, 0.15) is 5.75 Å². The normalized spacial score (nSPS) is 20.7. The van der Waals surface area contributed by atoms with Crippen molar-refractivity contribution in [2.75, 3.05) is 46.5 Å². The van der Waals surface area contributed by atoms with Gasteiger partial charge in [-0.25, -0.2) is 0 Å². The second kappa shape index (κ2) is 12.5. The molecule has 2 aliphatic rings. The predicted molar refractivity (Wildman–Crippen MR) is 135 cm³/mol. The molecule has 0 aromatic heterocycles. The zero-order valence-electron chi connectivity index (χ0n) is 19.0. The Bertz CT molecular complexity index is 720. The van der Waals surface area contributed by atoms with Gasteiger partial charge in [0.25, 0.3) is 0 Å². The number of nitrogens with one attached hydrogen (secondary N) is 2. The minimum Gasteiger partial charge on any atom is -0.494 e. The van der Waals surface area contributed by atoms with E-state index in [-0.39, 0.29) is 41.3 Å². The minimum absolute atomic E-state index is 0. The van der Waals surface area contributed by atoms with Crippen molar-refractivity contribution in [1.29, 1.82) is 0 Å². The summed E-state index contributed by atoms with van der Waals surface area (Å²) in [5, 5.41) is 7.05. The molecule has 3 rings (SSSR count). The van der Waals surface area contributed by atoms with Crippen LogP contribution >= 0.6 is 24.0 Å². The summed E-state index contributed by atoms with van der Waals surface area (Å²) in [4.78, 5) is 18.3. The highest BCUT2D eigenvalue weighted by molar-refractivity contribution is 14.0. The molecule has 8 heteroatoms. The smallest absolute Gasteiger partial charge is 0.222 e. The Hall–Kier alpha value is -1.55. The molecule has 1 atom stereocenters. The molecule has 2 N–H and O–H groups in total. The molecule has 0 spiro atoms. The van der Waals surface area contributed by atoms with Crippen LogP contribution in [0.25, 0.3) is 0 Å². The van der Waals surface area contributed by atoms with Crippen LogP contribution in [0.2, 0.25) is 0 Å². The number of benzene rings is 1. The lowest BCUT2D eigenvalue weighted by Gasteiger charge is -2.38. The zero-order chi connectivity index (χ0) is 21.4. The molecule has 1 aromatic rings. The quantitative estimate of drug-likeness (QED) is 0.314. The standard InChI is InChI=1S/C23H36N4O3.HI/c1-4-21(28)27-13-10-19(16-27)26-22(24-3)25-17-23(11-14-29-15-12-23)18-6-8-20(9-7-18)30-5-2;/h6-9,19H,4-5,10-17H2,1-3H3,(H2,24,25,26);1H. The fourth-order valence-electron chi connectivity index (χ4n) is 4.37. The predicted octanol–water partition coefficient (Wildman–Crippen LogP) is 2.93. The molecule has 1 unspecified atom stereocenters. The van der Waals surface area contributed by atoms with Gasteiger partial charge in [0.15, 0.2) is 5.96 Å². The Morgan fingerprint density at radius 3 is 2.58 bits per heavy atom. The molecular weight excluding hydrogens is 507 g/mol. The van der Waals surface area contributed by atoms with Crippen molar-refractivity contribution in [2.45, 2.75) is 51.0 Å². The largest absolute Gasteiger partial charge is 0.494 e. The molecule has 174 valence electrons. The van der Waals surface area contributed by atoms with Crippen molar-refractivity contribution in [3.63, 3.8) is 0 Å². The lowest BCUT2D eigenvalue weighted by molar-refractivity contribution is -0.129. The van der Waals surface area contributed by atoms with E-state index in [1.165, 1.54) is 5.56 Å². The number of halogens is 1. The summed E-state index contributed by atoms with van der Waals surface area (Å²) in [6.45, 7) is 8.45. The number of hydrogen-bond donors (Lipinski definition) is 2. The Kier molecular flexibility index (Phi) is 10.3. The third-order valence-corrected chi connectivity index (χ3v) is 6.23. The fourth-order valence-corrected chi connectivity index (χ4v) is 4.37. The van der Waals surface area contributed by atoms with Crippen molar-refractivity contribution in [3.8, 4) is 5.75 Å². The molecule has 1 aromatic carbocycles. The van der Waals surface area contributed by atoms with Crippen LogP contribution in [-0.2, 0) is 14.9 Å². The lowest BCUT2D eigenvalue weighted by atomic mass is 9.74. The second-order valence-electron chi connectivity index (χ2n) is 8.10. The second-order valence-corrected chi connectivity index (χ2v) is 8.10. The molecule has 2 aliphatic heterocycles.